The van der Waals surface area contributed by atoms with E-state index >= 15 is 0 Å². The Bertz CT molecular complexity index is 743. The maximum Gasteiger partial charge on any atom is 0.244 e. The number of fused-ring (bicyclic) bond motifs is 1. The smallest absolute Gasteiger partial charge is 0.244 e. The second-order valence-corrected chi connectivity index (χ2v) is 6.08. The van der Waals surface area contributed by atoms with Gasteiger partial charge in [0, 0.05) is 11.6 Å². The Kier molecular flexibility index (Phi) is 4.35. The Morgan fingerprint density at radius 3 is 2.52 bits per heavy atom. The normalized spacial score (nSPS) is 16.7. The maximum atomic E-state index is 12.7. The van der Waals surface area contributed by atoms with Crippen molar-refractivity contribution in [3.05, 3.63) is 70.2 Å². The lowest BCUT2D eigenvalue weighted by Crippen LogP contribution is -2.46. The third kappa shape index (κ3) is 3.22. The molecule has 3 rings (SSSR count). The highest BCUT2D eigenvalue weighted by Gasteiger charge is 2.34. The molecule has 1 aliphatic heterocycles. The summed E-state index contributed by atoms with van der Waals surface area (Å²) in [6, 6.07) is 14.1. The van der Waals surface area contributed by atoms with Gasteiger partial charge in [-0.3, -0.25) is 9.59 Å². The fraction of sp³-hybridized carbons (Fsp3) is 0.222. The van der Waals surface area contributed by atoms with Crippen molar-refractivity contribution in [1.82, 2.24) is 4.90 Å². The highest BCUT2D eigenvalue weighted by Crippen LogP contribution is 2.30. The number of primary amides is 1. The van der Waals surface area contributed by atoms with Gasteiger partial charge in [-0.25, -0.2) is 0 Å². The minimum atomic E-state index is -0.695. The molecule has 5 heteroatoms. The number of nitrogens with two attached hydrogens (primary N) is 1. The molecule has 1 unspecified atom stereocenters. The van der Waals surface area contributed by atoms with Gasteiger partial charge in [-0.1, -0.05) is 48.0 Å². The largest absolute Gasteiger partial charge is 0.368 e. The molecular formula is C18H17ClN2O2. The summed E-state index contributed by atoms with van der Waals surface area (Å²) in [6.07, 6.45) is 0.954. The molecule has 1 heterocycles. The first-order chi connectivity index (χ1) is 11.1. The first kappa shape index (κ1) is 15.6. The number of carbonyl (C=O) groups excluding carboxylic acids is 2. The topological polar surface area (TPSA) is 63.4 Å². The summed E-state index contributed by atoms with van der Waals surface area (Å²) >= 11 is 5.86. The van der Waals surface area contributed by atoms with Crippen LogP contribution in [0.5, 0.6) is 0 Å². The van der Waals surface area contributed by atoms with E-state index in [9.17, 15) is 9.59 Å². The average molecular weight is 329 g/mol. The number of benzene rings is 2. The number of carbonyl (C=O) groups is 2. The molecule has 0 aromatic heterocycles. The number of amides is 2. The molecule has 118 valence electrons. The number of nitrogens with zero attached hydrogens (tertiary/aromatic N) is 1. The molecule has 2 aromatic rings. The van der Waals surface area contributed by atoms with Crippen molar-refractivity contribution in [3.63, 3.8) is 0 Å². The standard InChI is InChI=1S/C18H17ClN2O2/c19-14-7-5-12(6-8-14)11-16(22)21-10-9-13-3-1-2-4-15(13)17(21)18(20)23/h1-8,17H,9-11H2,(H2,20,23). The molecule has 4 nitrogen and oxygen atoms in total. The predicted molar refractivity (Wildman–Crippen MR) is 89.0 cm³/mol. The summed E-state index contributed by atoms with van der Waals surface area (Å²) in [5, 5.41) is 0.628. The van der Waals surface area contributed by atoms with Gasteiger partial charge in [0.15, 0.2) is 0 Å². The van der Waals surface area contributed by atoms with E-state index in [1.807, 2.05) is 36.4 Å². The monoisotopic (exact) mass is 328 g/mol. The van der Waals surface area contributed by atoms with Crippen molar-refractivity contribution < 1.29 is 9.59 Å². The molecule has 23 heavy (non-hydrogen) atoms. The van der Waals surface area contributed by atoms with Crippen molar-refractivity contribution in [3.8, 4) is 0 Å². The molecule has 1 atom stereocenters. The van der Waals surface area contributed by atoms with E-state index in [4.69, 9.17) is 17.3 Å². The van der Waals surface area contributed by atoms with E-state index in [1.54, 1.807) is 17.0 Å². The molecule has 0 radical (unpaired) electrons. The zero-order valence-corrected chi connectivity index (χ0v) is 13.3. The summed E-state index contributed by atoms with van der Waals surface area (Å²) in [6.45, 7) is 0.497. The third-order valence-corrected chi connectivity index (χ3v) is 4.39. The van der Waals surface area contributed by atoms with E-state index in [0.29, 0.717) is 11.6 Å². The van der Waals surface area contributed by atoms with E-state index in [2.05, 4.69) is 0 Å². The van der Waals surface area contributed by atoms with Crippen LogP contribution in [0.4, 0.5) is 0 Å². The summed E-state index contributed by atoms with van der Waals surface area (Å²) in [7, 11) is 0. The SMILES string of the molecule is NC(=O)C1c2ccccc2CCN1C(=O)Cc1ccc(Cl)cc1. The molecule has 0 bridgehead atoms. The fourth-order valence-electron chi connectivity index (χ4n) is 3.02. The fourth-order valence-corrected chi connectivity index (χ4v) is 3.15. The minimum Gasteiger partial charge on any atom is -0.368 e. The average Bonchev–Trinajstić information content (AvgIpc) is 2.55. The molecule has 1 aliphatic rings. The molecule has 0 fully saturated rings. The first-order valence-corrected chi connectivity index (χ1v) is 7.85. The molecule has 0 saturated heterocycles. The molecule has 2 amide bonds. The van der Waals surface area contributed by atoms with Gasteiger partial charge in [0.2, 0.25) is 11.8 Å². The second-order valence-electron chi connectivity index (χ2n) is 5.64. The van der Waals surface area contributed by atoms with E-state index in [-0.39, 0.29) is 12.3 Å². The molecule has 0 spiro atoms. The third-order valence-electron chi connectivity index (χ3n) is 4.14. The first-order valence-electron chi connectivity index (χ1n) is 7.47. The van der Waals surface area contributed by atoms with Crippen LogP contribution in [0, 0.1) is 0 Å². The van der Waals surface area contributed by atoms with Crippen LogP contribution < -0.4 is 5.73 Å². The Hall–Kier alpha value is -2.33. The zero-order valence-electron chi connectivity index (χ0n) is 12.5. The van der Waals surface area contributed by atoms with Gasteiger partial charge in [0.05, 0.1) is 6.42 Å². The van der Waals surface area contributed by atoms with Crippen molar-refractivity contribution in [2.45, 2.75) is 18.9 Å². The minimum absolute atomic E-state index is 0.106. The lowest BCUT2D eigenvalue weighted by molar-refractivity contribution is -0.139. The number of halogens is 1. The van der Waals surface area contributed by atoms with Crippen LogP contribution in [0.1, 0.15) is 22.7 Å². The summed E-state index contributed by atoms with van der Waals surface area (Å²) < 4.78 is 0. The molecule has 2 aromatic carbocycles. The van der Waals surface area contributed by atoms with Crippen LogP contribution in [0.2, 0.25) is 5.02 Å². The van der Waals surface area contributed by atoms with Crippen LogP contribution in [0.15, 0.2) is 48.5 Å². The van der Waals surface area contributed by atoms with E-state index in [0.717, 1.165) is 23.1 Å². The number of rotatable bonds is 3. The predicted octanol–water partition coefficient (Wildman–Crippen LogP) is 2.49. The highest BCUT2D eigenvalue weighted by molar-refractivity contribution is 6.30. The van der Waals surface area contributed by atoms with Gasteiger partial charge in [-0.05, 0) is 35.2 Å². The number of hydrogen-bond donors (Lipinski definition) is 1. The van der Waals surface area contributed by atoms with Gasteiger partial charge >= 0.3 is 0 Å². The van der Waals surface area contributed by atoms with Crippen molar-refractivity contribution in [1.29, 1.82) is 0 Å². The van der Waals surface area contributed by atoms with Gasteiger partial charge in [-0.15, -0.1) is 0 Å². The number of hydrogen-bond acceptors (Lipinski definition) is 2. The van der Waals surface area contributed by atoms with Gasteiger partial charge in [0.1, 0.15) is 6.04 Å². The molecular weight excluding hydrogens is 312 g/mol. The van der Waals surface area contributed by atoms with Crippen molar-refractivity contribution in [2.75, 3.05) is 6.54 Å². The second kappa shape index (κ2) is 6.42. The van der Waals surface area contributed by atoms with Crippen LogP contribution in [0.3, 0.4) is 0 Å². The van der Waals surface area contributed by atoms with Crippen LogP contribution >= 0.6 is 11.6 Å². The van der Waals surface area contributed by atoms with E-state index in [1.165, 1.54) is 0 Å². The lowest BCUT2D eigenvalue weighted by atomic mass is 9.91. The summed E-state index contributed by atoms with van der Waals surface area (Å²) in [5.74, 6) is -0.604. The molecule has 2 N–H and O–H groups in total. The molecule has 0 aliphatic carbocycles. The van der Waals surface area contributed by atoms with Crippen LogP contribution in [-0.2, 0) is 22.4 Å². The van der Waals surface area contributed by atoms with Crippen LogP contribution in [-0.4, -0.2) is 23.3 Å². The summed E-state index contributed by atoms with van der Waals surface area (Å²) in [4.78, 5) is 26.2. The lowest BCUT2D eigenvalue weighted by Gasteiger charge is -2.35. The van der Waals surface area contributed by atoms with Crippen molar-refractivity contribution in [2.24, 2.45) is 5.73 Å². The van der Waals surface area contributed by atoms with Gasteiger partial charge in [-0.2, -0.15) is 0 Å². The Morgan fingerprint density at radius 2 is 1.83 bits per heavy atom. The summed E-state index contributed by atoms with van der Waals surface area (Å²) in [5.41, 5.74) is 8.34. The van der Waals surface area contributed by atoms with Gasteiger partial charge < -0.3 is 10.6 Å². The molecule has 0 saturated carbocycles. The van der Waals surface area contributed by atoms with E-state index < -0.39 is 11.9 Å². The Labute approximate surface area is 139 Å². The van der Waals surface area contributed by atoms with Gasteiger partial charge in [0.25, 0.3) is 0 Å². The Morgan fingerprint density at radius 1 is 1.13 bits per heavy atom. The van der Waals surface area contributed by atoms with Crippen LogP contribution in [0.25, 0.3) is 0 Å². The Balaban J connectivity index is 1.85. The quantitative estimate of drug-likeness (QED) is 0.941. The highest BCUT2D eigenvalue weighted by atomic mass is 35.5. The maximum absolute atomic E-state index is 12.7. The zero-order chi connectivity index (χ0) is 16.4. The van der Waals surface area contributed by atoms with Crippen molar-refractivity contribution >= 4 is 23.4 Å².